The van der Waals surface area contributed by atoms with Crippen LogP contribution in [-0.2, 0) is 4.74 Å². The van der Waals surface area contributed by atoms with Gasteiger partial charge in [0, 0.05) is 31.9 Å². The molecular weight excluding hydrogens is 399 g/mol. The molecule has 0 aliphatic carbocycles. The number of hydrogen-bond donors (Lipinski definition) is 2. The van der Waals surface area contributed by atoms with Gasteiger partial charge < -0.3 is 25.6 Å². The third-order valence-corrected chi connectivity index (χ3v) is 5.20. The van der Waals surface area contributed by atoms with Crippen LogP contribution in [-0.4, -0.2) is 49.2 Å². The number of hydrogen-bond acceptors (Lipinski definition) is 8. The second-order valence-electron chi connectivity index (χ2n) is 7.08. The van der Waals surface area contributed by atoms with E-state index in [9.17, 15) is 9.18 Å². The number of rotatable bonds is 5. The van der Waals surface area contributed by atoms with Gasteiger partial charge in [-0.2, -0.15) is 0 Å². The van der Waals surface area contributed by atoms with Crippen LogP contribution in [0.3, 0.4) is 0 Å². The maximum atomic E-state index is 14.1. The molecule has 1 aliphatic rings. The Bertz CT molecular complexity index is 1070. The van der Waals surface area contributed by atoms with E-state index in [2.05, 4.69) is 20.2 Å². The fourth-order valence-electron chi connectivity index (χ4n) is 3.55. The highest BCUT2D eigenvalue weighted by Crippen LogP contribution is 2.30. The zero-order valence-electron chi connectivity index (χ0n) is 17.1. The number of ether oxygens (including phenoxy) is 1. The lowest BCUT2D eigenvalue weighted by molar-refractivity contribution is 0.0601. The van der Waals surface area contributed by atoms with Gasteiger partial charge in [0.2, 0.25) is 0 Å². The van der Waals surface area contributed by atoms with Gasteiger partial charge >= 0.3 is 5.97 Å². The number of esters is 1. The summed E-state index contributed by atoms with van der Waals surface area (Å²) in [4.78, 5) is 24.3. The summed E-state index contributed by atoms with van der Waals surface area (Å²) in [6.07, 6.45) is 1.46. The number of methoxy groups -OCH3 is 1. The van der Waals surface area contributed by atoms with Crippen molar-refractivity contribution in [1.29, 1.82) is 0 Å². The summed E-state index contributed by atoms with van der Waals surface area (Å²) in [5.41, 5.74) is 8.58. The fraction of sp³-hybridized carbons (Fsp3) is 0.227. The molecule has 1 aliphatic heterocycles. The molecule has 0 saturated carbocycles. The molecule has 0 radical (unpaired) electrons. The lowest BCUT2D eigenvalue weighted by Gasteiger charge is -2.37. The molecule has 1 fully saturated rings. The minimum absolute atomic E-state index is 0.220. The van der Waals surface area contributed by atoms with Crippen molar-refractivity contribution >= 4 is 34.7 Å². The molecule has 0 unspecified atom stereocenters. The molecular formula is C22H23FN6O2. The minimum Gasteiger partial charge on any atom is -0.465 e. The standard InChI is InChI=1S/C22H23FN6O2/c1-31-22(30)15-6-8-16(9-7-15)27-20-19(24)21(26-14-25-20)29-12-10-28(11-13-29)18-5-3-2-4-17(18)23/h2-9,14H,10-13,24H2,1H3,(H,25,26,27). The van der Waals surface area contributed by atoms with Gasteiger partial charge in [0.15, 0.2) is 11.6 Å². The summed E-state index contributed by atoms with van der Waals surface area (Å²) in [5.74, 6) is 0.497. The van der Waals surface area contributed by atoms with Gasteiger partial charge in [-0.15, -0.1) is 0 Å². The van der Waals surface area contributed by atoms with Gasteiger partial charge in [-0.1, -0.05) is 12.1 Å². The Morgan fingerprint density at radius 3 is 2.39 bits per heavy atom. The Labute approximate surface area is 179 Å². The minimum atomic E-state index is -0.398. The molecule has 1 saturated heterocycles. The highest BCUT2D eigenvalue weighted by molar-refractivity contribution is 5.90. The number of nitrogens with two attached hydrogens (primary N) is 1. The van der Waals surface area contributed by atoms with Crippen molar-refractivity contribution in [2.75, 3.05) is 54.1 Å². The van der Waals surface area contributed by atoms with Crippen LogP contribution < -0.4 is 20.9 Å². The highest BCUT2D eigenvalue weighted by Gasteiger charge is 2.23. The number of anilines is 5. The molecule has 1 aromatic heterocycles. The number of aromatic nitrogens is 2. The number of piperazine rings is 1. The number of carbonyl (C=O) groups is 1. The zero-order chi connectivity index (χ0) is 21.8. The maximum Gasteiger partial charge on any atom is 0.337 e. The average Bonchev–Trinajstić information content (AvgIpc) is 2.81. The predicted molar refractivity (Wildman–Crippen MR) is 118 cm³/mol. The quantitative estimate of drug-likeness (QED) is 0.606. The molecule has 9 heteroatoms. The average molecular weight is 422 g/mol. The van der Waals surface area contributed by atoms with Gasteiger partial charge in [0.1, 0.15) is 17.8 Å². The van der Waals surface area contributed by atoms with Crippen molar-refractivity contribution in [3.05, 3.63) is 66.2 Å². The van der Waals surface area contributed by atoms with E-state index < -0.39 is 5.97 Å². The van der Waals surface area contributed by atoms with E-state index >= 15 is 0 Å². The lowest BCUT2D eigenvalue weighted by atomic mass is 10.2. The third kappa shape index (κ3) is 4.35. The second kappa shape index (κ2) is 8.86. The Kier molecular flexibility index (Phi) is 5.83. The van der Waals surface area contributed by atoms with Crippen LogP contribution in [0.5, 0.6) is 0 Å². The Hall–Kier alpha value is -3.88. The first-order chi connectivity index (χ1) is 15.1. The number of nitrogens with one attached hydrogen (secondary N) is 1. The predicted octanol–water partition coefficient (Wildman–Crippen LogP) is 3.05. The van der Waals surface area contributed by atoms with E-state index in [1.807, 2.05) is 11.0 Å². The molecule has 0 atom stereocenters. The second-order valence-corrected chi connectivity index (χ2v) is 7.08. The van der Waals surface area contributed by atoms with Crippen LogP contribution in [0.4, 0.5) is 33.1 Å². The molecule has 31 heavy (non-hydrogen) atoms. The summed E-state index contributed by atoms with van der Waals surface area (Å²) >= 11 is 0. The van der Waals surface area contributed by atoms with Crippen LogP contribution in [0, 0.1) is 5.82 Å². The summed E-state index contributed by atoms with van der Waals surface area (Å²) < 4.78 is 18.8. The van der Waals surface area contributed by atoms with E-state index in [-0.39, 0.29) is 5.82 Å². The van der Waals surface area contributed by atoms with Crippen LogP contribution in [0.15, 0.2) is 54.9 Å². The number of nitrogen functional groups attached to an aromatic ring is 1. The van der Waals surface area contributed by atoms with Crippen molar-refractivity contribution in [3.8, 4) is 0 Å². The Morgan fingerprint density at radius 2 is 1.71 bits per heavy atom. The fourth-order valence-corrected chi connectivity index (χ4v) is 3.55. The van der Waals surface area contributed by atoms with Crippen LogP contribution in [0.1, 0.15) is 10.4 Å². The smallest absolute Gasteiger partial charge is 0.337 e. The van der Waals surface area contributed by atoms with Crippen molar-refractivity contribution in [2.24, 2.45) is 0 Å². The first-order valence-electron chi connectivity index (χ1n) is 9.87. The van der Waals surface area contributed by atoms with E-state index in [4.69, 9.17) is 10.5 Å². The molecule has 0 spiro atoms. The summed E-state index contributed by atoms with van der Waals surface area (Å²) in [6, 6.07) is 13.6. The SMILES string of the molecule is COC(=O)c1ccc(Nc2ncnc(N3CCN(c4ccccc4F)CC3)c2N)cc1. The number of para-hydroxylation sites is 1. The van der Waals surface area contributed by atoms with E-state index in [1.165, 1.54) is 19.5 Å². The molecule has 2 aromatic carbocycles. The molecule has 4 rings (SSSR count). The van der Waals surface area contributed by atoms with Crippen molar-refractivity contribution in [3.63, 3.8) is 0 Å². The highest BCUT2D eigenvalue weighted by atomic mass is 19.1. The van der Waals surface area contributed by atoms with Crippen molar-refractivity contribution in [1.82, 2.24) is 9.97 Å². The van der Waals surface area contributed by atoms with E-state index in [0.717, 1.165) is 5.69 Å². The summed E-state index contributed by atoms with van der Waals surface area (Å²) in [5, 5.41) is 3.16. The third-order valence-electron chi connectivity index (χ3n) is 5.20. The van der Waals surface area contributed by atoms with Crippen LogP contribution >= 0.6 is 0 Å². The first-order valence-corrected chi connectivity index (χ1v) is 9.87. The number of carbonyl (C=O) groups excluding carboxylic acids is 1. The number of benzene rings is 2. The van der Waals surface area contributed by atoms with E-state index in [0.29, 0.717) is 54.8 Å². The Morgan fingerprint density at radius 1 is 1.03 bits per heavy atom. The largest absolute Gasteiger partial charge is 0.465 e. The molecule has 160 valence electrons. The van der Waals surface area contributed by atoms with Crippen LogP contribution in [0.2, 0.25) is 0 Å². The Balaban J connectivity index is 1.46. The van der Waals surface area contributed by atoms with Gasteiger partial charge in [-0.25, -0.2) is 19.2 Å². The van der Waals surface area contributed by atoms with Crippen LogP contribution in [0.25, 0.3) is 0 Å². The van der Waals surface area contributed by atoms with E-state index in [1.54, 1.807) is 36.4 Å². The number of halogens is 1. The summed E-state index contributed by atoms with van der Waals surface area (Å²) in [6.45, 7) is 2.62. The normalized spacial score (nSPS) is 13.7. The topological polar surface area (TPSA) is 96.6 Å². The van der Waals surface area contributed by atoms with Gasteiger partial charge in [0.05, 0.1) is 18.4 Å². The van der Waals surface area contributed by atoms with Gasteiger partial charge in [0.25, 0.3) is 0 Å². The molecule has 3 N–H and O–H groups in total. The lowest BCUT2D eigenvalue weighted by Crippen LogP contribution is -2.47. The van der Waals surface area contributed by atoms with Gasteiger partial charge in [-0.3, -0.25) is 0 Å². The van der Waals surface area contributed by atoms with Crippen molar-refractivity contribution < 1.29 is 13.9 Å². The molecule has 0 amide bonds. The monoisotopic (exact) mass is 422 g/mol. The maximum absolute atomic E-state index is 14.1. The molecule has 0 bridgehead atoms. The van der Waals surface area contributed by atoms with Crippen molar-refractivity contribution in [2.45, 2.75) is 0 Å². The molecule has 2 heterocycles. The summed E-state index contributed by atoms with van der Waals surface area (Å²) in [7, 11) is 1.34. The zero-order valence-corrected chi connectivity index (χ0v) is 17.1. The number of nitrogens with zero attached hydrogens (tertiary/aromatic N) is 4. The first kappa shape index (κ1) is 20.4. The van der Waals surface area contributed by atoms with Gasteiger partial charge in [-0.05, 0) is 36.4 Å². The molecule has 8 nitrogen and oxygen atoms in total. The molecule has 3 aromatic rings.